The van der Waals surface area contributed by atoms with E-state index < -0.39 is 18.0 Å². The van der Waals surface area contributed by atoms with Gasteiger partial charge in [-0.05, 0) is 0 Å². The second-order valence-electron chi connectivity index (χ2n) is 4.28. The van der Waals surface area contributed by atoms with E-state index in [1.807, 2.05) is 0 Å². The molecule has 0 heterocycles. The Morgan fingerprint density at radius 2 is 1.55 bits per heavy atom. The van der Waals surface area contributed by atoms with Crippen molar-refractivity contribution >= 4 is 33.1 Å². The number of hydrogen-bond acceptors (Lipinski definition) is 5. The predicted molar refractivity (Wildman–Crippen MR) is 79.8 cm³/mol. The maximum absolute atomic E-state index is 10.5. The van der Waals surface area contributed by atoms with Gasteiger partial charge in [0.15, 0.2) is 6.10 Å². The van der Waals surface area contributed by atoms with Gasteiger partial charge in [0, 0.05) is 0 Å². The fraction of sp³-hybridized carbons (Fsp3) is 0.857. The van der Waals surface area contributed by atoms with Gasteiger partial charge in [-0.15, -0.1) is 0 Å². The molecule has 20 heavy (non-hydrogen) atoms. The van der Waals surface area contributed by atoms with E-state index >= 15 is 0 Å². The molecule has 0 spiro atoms. The minimum Gasteiger partial charge on any atom is -0.469 e. The minimum atomic E-state index is -1.42. The van der Waals surface area contributed by atoms with Crippen LogP contribution in [0.25, 0.3) is 0 Å². The van der Waals surface area contributed by atoms with Crippen LogP contribution in [-0.4, -0.2) is 58.5 Å². The SMILES string of the molecule is CCC[CH2][Sn][CH2]CCC.COC(=O)CC(O)C(=O)OC. The molecule has 5 nitrogen and oxygen atoms in total. The summed E-state index contributed by atoms with van der Waals surface area (Å²) in [6, 6.07) is 0. The van der Waals surface area contributed by atoms with E-state index in [0.717, 1.165) is 7.11 Å². The van der Waals surface area contributed by atoms with Crippen molar-refractivity contribution in [3.63, 3.8) is 0 Å². The van der Waals surface area contributed by atoms with Crippen LogP contribution >= 0.6 is 0 Å². The first kappa shape index (κ1) is 22.0. The molecule has 1 atom stereocenters. The predicted octanol–water partition coefficient (Wildman–Crippen LogP) is 2.21. The Morgan fingerprint density at radius 1 is 1.05 bits per heavy atom. The molecule has 118 valence electrons. The fourth-order valence-corrected chi connectivity index (χ4v) is 5.35. The molecule has 0 aromatic rings. The maximum atomic E-state index is 10.5. The van der Waals surface area contributed by atoms with E-state index in [9.17, 15) is 9.59 Å². The zero-order valence-electron chi connectivity index (χ0n) is 13.1. The molecule has 0 aliphatic rings. The third-order valence-corrected chi connectivity index (χ3v) is 6.51. The van der Waals surface area contributed by atoms with Crippen LogP contribution in [-0.2, 0) is 19.1 Å². The summed E-state index contributed by atoms with van der Waals surface area (Å²) in [6.07, 6.45) is 4.04. The average Bonchev–Trinajstić information content (AvgIpc) is 2.46. The number of aliphatic hydroxyl groups excluding tert-OH is 1. The van der Waals surface area contributed by atoms with E-state index in [4.69, 9.17) is 5.11 Å². The Balaban J connectivity index is 0. The quantitative estimate of drug-likeness (QED) is 0.368. The smallest absolute Gasteiger partial charge is 0.335 e. The second kappa shape index (κ2) is 16.8. The third-order valence-electron chi connectivity index (χ3n) is 2.48. The van der Waals surface area contributed by atoms with Crippen molar-refractivity contribution in [1.29, 1.82) is 0 Å². The number of aliphatic hydroxyl groups is 1. The Morgan fingerprint density at radius 3 is 1.90 bits per heavy atom. The van der Waals surface area contributed by atoms with Crippen molar-refractivity contribution in [2.45, 2.75) is 60.9 Å². The molecule has 0 bridgehead atoms. The zero-order valence-corrected chi connectivity index (χ0v) is 16.0. The summed E-state index contributed by atoms with van der Waals surface area (Å²) in [5.74, 6) is -1.49. The van der Waals surface area contributed by atoms with Gasteiger partial charge in [-0.25, -0.2) is 4.79 Å². The third kappa shape index (κ3) is 15.8. The summed E-state index contributed by atoms with van der Waals surface area (Å²) in [5, 5.41) is 8.84. The van der Waals surface area contributed by atoms with Crippen molar-refractivity contribution < 1.29 is 24.2 Å². The molecule has 0 aromatic carbocycles. The number of methoxy groups -OCH3 is 2. The molecule has 0 saturated carbocycles. The van der Waals surface area contributed by atoms with Crippen molar-refractivity contribution in [3.8, 4) is 0 Å². The van der Waals surface area contributed by atoms with Crippen LogP contribution < -0.4 is 0 Å². The molecular formula is C14H28O5Sn. The van der Waals surface area contributed by atoms with E-state index in [1.54, 1.807) is 8.87 Å². The van der Waals surface area contributed by atoms with Crippen LogP contribution in [0.2, 0.25) is 8.87 Å². The summed E-state index contributed by atoms with van der Waals surface area (Å²) >= 11 is 0.149. The molecular weight excluding hydrogens is 367 g/mol. The van der Waals surface area contributed by atoms with Crippen LogP contribution in [0, 0.1) is 0 Å². The summed E-state index contributed by atoms with van der Waals surface area (Å²) in [6.45, 7) is 4.58. The van der Waals surface area contributed by atoms with Gasteiger partial charge in [0.25, 0.3) is 0 Å². The van der Waals surface area contributed by atoms with Crippen LogP contribution in [0.1, 0.15) is 46.0 Å². The monoisotopic (exact) mass is 396 g/mol. The number of esters is 2. The average molecular weight is 395 g/mol. The second-order valence-corrected chi connectivity index (χ2v) is 8.56. The molecule has 0 fully saturated rings. The Kier molecular flexibility index (Phi) is 18.4. The van der Waals surface area contributed by atoms with E-state index in [2.05, 4.69) is 23.3 Å². The van der Waals surface area contributed by atoms with Gasteiger partial charge in [0.05, 0.1) is 20.6 Å². The topological polar surface area (TPSA) is 72.8 Å². The molecule has 0 saturated heterocycles. The molecule has 6 heteroatoms. The van der Waals surface area contributed by atoms with Gasteiger partial charge < -0.3 is 14.6 Å². The summed E-state index contributed by atoms with van der Waals surface area (Å²) < 4.78 is 11.6. The molecule has 0 aliphatic heterocycles. The van der Waals surface area contributed by atoms with Gasteiger partial charge in [0.2, 0.25) is 0 Å². The van der Waals surface area contributed by atoms with Crippen molar-refractivity contribution in [1.82, 2.24) is 0 Å². The zero-order chi connectivity index (χ0) is 15.8. The van der Waals surface area contributed by atoms with E-state index in [1.165, 1.54) is 32.8 Å². The Bertz CT molecular complexity index is 240. The molecule has 2 radical (unpaired) electrons. The van der Waals surface area contributed by atoms with Crippen LogP contribution in [0.4, 0.5) is 0 Å². The van der Waals surface area contributed by atoms with Gasteiger partial charge in [-0.3, -0.25) is 4.79 Å². The van der Waals surface area contributed by atoms with Crippen molar-refractivity contribution in [3.05, 3.63) is 0 Å². The number of ether oxygens (including phenoxy) is 2. The van der Waals surface area contributed by atoms with Crippen molar-refractivity contribution in [2.75, 3.05) is 14.2 Å². The van der Waals surface area contributed by atoms with Gasteiger partial charge in [0.1, 0.15) is 0 Å². The van der Waals surface area contributed by atoms with E-state index in [-0.39, 0.29) is 27.6 Å². The van der Waals surface area contributed by atoms with Gasteiger partial charge >= 0.3 is 81.5 Å². The number of hydrogen-bond donors (Lipinski definition) is 1. The summed E-state index contributed by atoms with van der Waals surface area (Å²) in [4.78, 5) is 20.9. The molecule has 0 amide bonds. The van der Waals surface area contributed by atoms with Gasteiger partial charge in [-0.1, -0.05) is 0 Å². The minimum absolute atomic E-state index is 0.149. The fourth-order valence-electron chi connectivity index (χ4n) is 1.19. The van der Waals surface area contributed by atoms with E-state index in [0.29, 0.717) is 0 Å². The first-order chi connectivity index (χ1) is 9.53. The first-order valence-electron chi connectivity index (χ1n) is 7.06. The number of rotatable bonds is 9. The maximum Gasteiger partial charge on any atom is 0.335 e. The van der Waals surface area contributed by atoms with Crippen LogP contribution in [0.3, 0.4) is 0 Å². The molecule has 0 rings (SSSR count). The Hall–Kier alpha value is -0.301. The standard InChI is InChI=1S/C6H10O5.2C4H9.Sn/c1-10-5(8)3-4(7)6(9)11-2;2*1-3-4-2;/h4,7H,3H2,1-2H3;2*1,3-4H2,2H3;. The molecule has 1 N–H and O–H groups in total. The number of carbonyl (C=O) groups is 2. The normalized spacial score (nSPS) is 11.1. The van der Waals surface area contributed by atoms with Gasteiger partial charge in [-0.2, -0.15) is 0 Å². The number of unbranched alkanes of at least 4 members (excludes halogenated alkanes) is 2. The largest absolute Gasteiger partial charge is 0.469 e. The Labute approximate surface area is 132 Å². The van der Waals surface area contributed by atoms with Crippen LogP contribution in [0.15, 0.2) is 0 Å². The number of carbonyl (C=O) groups excluding carboxylic acids is 2. The van der Waals surface area contributed by atoms with Crippen LogP contribution in [0.5, 0.6) is 0 Å². The molecule has 0 aromatic heterocycles. The summed E-state index contributed by atoms with van der Waals surface area (Å²) in [7, 11) is 2.30. The summed E-state index contributed by atoms with van der Waals surface area (Å²) in [5.41, 5.74) is 0. The molecule has 0 aliphatic carbocycles. The van der Waals surface area contributed by atoms with Crippen molar-refractivity contribution in [2.24, 2.45) is 0 Å². The molecule has 1 unspecified atom stereocenters. The first-order valence-corrected chi connectivity index (χ1v) is 11.1.